The normalized spacial score (nSPS) is 10.6. The quantitative estimate of drug-likeness (QED) is 0.0317. The molecule has 0 saturated carbocycles. The van der Waals surface area contributed by atoms with Gasteiger partial charge >= 0.3 is 25.7 Å². The Morgan fingerprint density at radius 2 is 1.34 bits per heavy atom. The Labute approximate surface area is 402 Å². The number of aryl methyl sites for hydroxylation is 2. The molecule has 65 heavy (non-hydrogen) atoms. The van der Waals surface area contributed by atoms with Crippen LogP contribution in [0.3, 0.4) is 0 Å². The second kappa shape index (κ2) is 24.4. The SMILES string of the molecule is CCCCCCc1ccsc1-c1ccnc(-c2cc(C(F)(F)F)n[n-]2)c1.Cc1ccc(-c2ccc(-c3ccnc(-c4cc(OC=O)cc(-c5cc(OC=O)ccn5)n4)c3)s2)s1.[N-]=C=S.[Ru+2]. The van der Waals surface area contributed by atoms with Crippen LogP contribution in [0.15, 0.2) is 109 Å². The van der Waals surface area contributed by atoms with Crippen molar-refractivity contribution in [1.29, 1.82) is 0 Å². The van der Waals surface area contributed by atoms with Gasteiger partial charge in [-0.1, -0.05) is 44.1 Å². The van der Waals surface area contributed by atoms with Crippen LogP contribution in [0.1, 0.15) is 48.7 Å². The number of alkyl halides is 3. The molecule has 0 aromatic carbocycles. The first-order valence-electron chi connectivity index (χ1n) is 19.5. The van der Waals surface area contributed by atoms with Crippen LogP contribution in [0, 0.1) is 6.92 Å². The van der Waals surface area contributed by atoms with E-state index in [2.05, 4.69) is 91.9 Å². The number of halogens is 3. The zero-order valence-corrected chi connectivity index (χ0v) is 39.5. The first-order chi connectivity index (χ1) is 31.0. The Morgan fingerprint density at radius 1 is 0.738 bits per heavy atom. The van der Waals surface area contributed by atoms with E-state index in [0.717, 1.165) is 39.8 Å². The third-order valence-corrected chi connectivity index (χ3v) is 12.6. The monoisotopic (exact) mass is 1040 g/mol. The van der Waals surface area contributed by atoms with E-state index in [0.29, 0.717) is 52.9 Å². The van der Waals surface area contributed by atoms with Crippen molar-refractivity contribution in [3.8, 4) is 76.3 Å². The summed E-state index contributed by atoms with van der Waals surface area (Å²) in [6, 6.07) is 25.5. The summed E-state index contributed by atoms with van der Waals surface area (Å²) in [5.74, 6) is 0.617. The van der Waals surface area contributed by atoms with Gasteiger partial charge in [0.1, 0.15) is 17.2 Å². The molecule has 0 bridgehead atoms. The van der Waals surface area contributed by atoms with E-state index in [1.165, 1.54) is 50.8 Å². The zero-order valence-electron chi connectivity index (χ0n) is 34.5. The number of aromatic nitrogens is 6. The number of ether oxygens (including phenoxy) is 2. The summed E-state index contributed by atoms with van der Waals surface area (Å²) in [5.41, 5.74) is 4.78. The van der Waals surface area contributed by atoms with Crippen molar-refractivity contribution in [2.24, 2.45) is 0 Å². The number of carbonyl (C=O) groups excluding carboxylic acids is 2. The number of rotatable bonds is 15. The van der Waals surface area contributed by atoms with Gasteiger partial charge in [0.15, 0.2) is 0 Å². The van der Waals surface area contributed by atoms with Crippen molar-refractivity contribution in [3.63, 3.8) is 0 Å². The van der Waals surface area contributed by atoms with Crippen LogP contribution in [0.2, 0.25) is 0 Å². The predicted molar refractivity (Wildman–Crippen MR) is 248 cm³/mol. The number of carbonyl (C=O) groups is 2. The van der Waals surface area contributed by atoms with Crippen molar-refractivity contribution < 1.29 is 51.7 Å². The summed E-state index contributed by atoms with van der Waals surface area (Å²) >= 11 is 8.82. The van der Waals surface area contributed by atoms with E-state index in [9.17, 15) is 22.8 Å². The Hall–Kier alpha value is -5.94. The summed E-state index contributed by atoms with van der Waals surface area (Å²) in [4.78, 5) is 45.4. The predicted octanol–water partition coefficient (Wildman–Crippen LogP) is 12.7. The van der Waals surface area contributed by atoms with Crippen LogP contribution in [0.25, 0.3) is 70.2 Å². The number of hydrogen-bond acceptors (Lipinski definition) is 13. The second-order valence-electron chi connectivity index (χ2n) is 13.6. The summed E-state index contributed by atoms with van der Waals surface area (Å²) in [7, 11) is 0. The van der Waals surface area contributed by atoms with Crippen LogP contribution in [-0.2, 0) is 41.7 Å². The van der Waals surface area contributed by atoms with Crippen molar-refractivity contribution in [2.75, 3.05) is 0 Å². The number of isothiocyanates is 1. The number of pyridine rings is 4. The molecule has 0 spiro atoms. The van der Waals surface area contributed by atoms with Gasteiger partial charge in [0.05, 0.1) is 28.5 Å². The summed E-state index contributed by atoms with van der Waals surface area (Å²) < 4.78 is 48.2. The minimum absolute atomic E-state index is 0. The maximum Gasteiger partial charge on any atom is 2.00 e. The van der Waals surface area contributed by atoms with Crippen LogP contribution in [-0.4, -0.2) is 43.1 Å². The van der Waals surface area contributed by atoms with Gasteiger partial charge in [-0.2, -0.15) is 18.3 Å². The zero-order chi connectivity index (χ0) is 45.5. The van der Waals surface area contributed by atoms with Crippen LogP contribution in [0.4, 0.5) is 13.2 Å². The van der Waals surface area contributed by atoms with E-state index in [1.54, 1.807) is 76.7 Å². The molecule has 0 atom stereocenters. The minimum atomic E-state index is -4.50. The van der Waals surface area contributed by atoms with Crippen LogP contribution < -0.4 is 14.6 Å². The van der Waals surface area contributed by atoms with Crippen molar-refractivity contribution >= 4 is 64.3 Å². The Morgan fingerprint density at radius 3 is 2.00 bits per heavy atom. The second-order valence-corrected chi connectivity index (χ2v) is 17.1. The third kappa shape index (κ3) is 13.8. The molecule has 19 heteroatoms. The molecule has 332 valence electrons. The van der Waals surface area contributed by atoms with Gasteiger partial charge in [-0.05, 0) is 109 Å². The van der Waals surface area contributed by atoms with Crippen LogP contribution >= 0.6 is 46.2 Å². The first-order valence-corrected chi connectivity index (χ1v) is 22.4. The molecule has 8 heterocycles. The molecule has 0 N–H and O–H groups in total. The van der Waals surface area contributed by atoms with Gasteiger partial charge in [-0.3, -0.25) is 24.5 Å². The van der Waals surface area contributed by atoms with E-state index in [-0.39, 0.29) is 25.2 Å². The first kappa shape index (κ1) is 50.1. The fourth-order valence-electron chi connectivity index (χ4n) is 6.29. The molecule has 0 unspecified atom stereocenters. The molecule has 0 saturated heterocycles. The summed E-state index contributed by atoms with van der Waals surface area (Å²) in [6.07, 6.45) is 6.12. The van der Waals surface area contributed by atoms with Crippen molar-refractivity contribution in [1.82, 2.24) is 30.1 Å². The average Bonchev–Trinajstić information content (AvgIpc) is 4.14. The van der Waals surface area contributed by atoms with Crippen molar-refractivity contribution in [2.45, 2.75) is 52.1 Å². The van der Waals surface area contributed by atoms with E-state index in [1.807, 2.05) is 18.2 Å². The third-order valence-electron chi connectivity index (χ3n) is 9.22. The van der Waals surface area contributed by atoms with Gasteiger partial charge in [-0.25, -0.2) is 4.98 Å². The van der Waals surface area contributed by atoms with Crippen molar-refractivity contribution in [3.05, 3.63) is 130 Å². The molecule has 8 rings (SSSR count). The van der Waals surface area contributed by atoms with E-state index >= 15 is 0 Å². The van der Waals surface area contributed by atoms with Gasteiger partial charge in [0.2, 0.25) is 0 Å². The number of thiophene rings is 3. The largest absolute Gasteiger partial charge is 2.00 e. The number of hydrogen-bond donors (Lipinski definition) is 0. The molecule has 8 aromatic rings. The topological polar surface area (TPSA) is 153 Å². The molecule has 11 nitrogen and oxygen atoms in total. The molecular weight excluding hydrogens is 1000 g/mol. The minimum Gasteiger partial charge on any atom is -0.753 e. The van der Waals surface area contributed by atoms with Gasteiger partial charge < -0.3 is 25.1 Å². The molecule has 0 radical (unpaired) electrons. The average molecular weight is 1040 g/mol. The molecule has 0 aliphatic carbocycles. The smallest absolute Gasteiger partial charge is 0.753 e. The molecule has 0 aliphatic heterocycles. The fraction of sp³-hybridized carbons (Fsp3) is 0.174. The number of thiocarbonyl (C=S) groups is 1. The number of unbranched alkanes of at least 4 members (excludes halogenated alkanes) is 3. The van der Waals surface area contributed by atoms with Gasteiger partial charge in [0, 0.05) is 61.2 Å². The fourth-order valence-corrected chi connectivity index (χ4v) is 9.20. The Bertz CT molecular complexity index is 2850. The van der Waals surface area contributed by atoms with E-state index < -0.39 is 11.9 Å². The van der Waals surface area contributed by atoms with E-state index in [4.69, 9.17) is 14.9 Å². The van der Waals surface area contributed by atoms with Crippen LogP contribution in [0.5, 0.6) is 11.5 Å². The van der Waals surface area contributed by atoms with Gasteiger partial charge in [-0.15, -0.1) is 34.0 Å². The van der Waals surface area contributed by atoms with Gasteiger partial charge in [0.25, 0.3) is 12.9 Å². The maximum absolute atomic E-state index is 12.7. The molecule has 0 amide bonds. The summed E-state index contributed by atoms with van der Waals surface area (Å²) in [5, 5.41) is 17.4. The Balaban J connectivity index is 0.000000236. The molecule has 0 aliphatic rings. The molecule has 8 aromatic heterocycles. The number of nitrogens with zero attached hydrogens (tertiary/aromatic N) is 7. The standard InChI is InChI=1S/C26H17N3O4S2.C19H19F3N3S.CNS.Ru/c1-16-2-3-25(34-16)26-5-4-24(35-26)17-6-8-27-20(10-17)22-12-19(33-15-31)13-23(29-22)21-11-18(32-14-30)7-9-28-21;1-2-3-4-5-6-13-8-10-26-18(13)14-7-9-23-15(11-14)16-12-17(25-24-16)19(20,21)22;2-1-3;/h2-15H,1H3;7-12H,2-6H2,1H3;;/q;2*-1;+2. The summed E-state index contributed by atoms with van der Waals surface area (Å²) in [6.45, 7) is 4.98. The molecule has 0 fully saturated rings. The maximum atomic E-state index is 12.7. The molecular formula is C46H36F3N7O4RuS4. The Kier molecular flexibility index (Phi) is 18.8.